The quantitative estimate of drug-likeness (QED) is 0.641. The summed E-state index contributed by atoms with van der Waals surface area (Å²) in [5.74, 6) is -1.23. The van der Waals surface area contributed by atoms with Crippen molar-refractivity contribution in [3.63, 3.8) is 0 Å². The number of aliphatic hydroxyl groups is 1. The van der Waals surface area contributed by atoms with Crippen molar-refractivity contribution in [1.82, 2.24) is 5.48 Å². The maximum atomic E-state index is 10.2. The number of carboxylic acid groups (broad SMARTS) is 1. The van der Waals surface area contributed by atoms with Crippen molar-refractivity contribution >= 4 is 5.97 Å². The van der Waals surface area contributed by atoms with Gasteiger partial charge in [0.2, 0.25) is 0 Å². The third kappa shape index (κ3) is 5.62. The summed E-state index contributed by atoms with van der Waals surface area (Å²) in [7, 11) is 0. The first-order valence-corrected chi connectivity index (χ1v) is 6.02. The minimum absolute atomic E-state index is 0.403. The van der Waals surface area contributed by atoms with Gasteiger partial charge in [-0.05, 0) is 11.1 Å². The van der Waals surface area contributed by atoms with E-state index < -0.39 is 12.1 Å². The van der Waals surface area contributed by atoms with Gasteiger partial charge in [0.05, 0.1) is 0 Å². The average Bonchev–Trinajstić information content (AvgIpc) is 2.49. The van der Waals surface area contributed by atoms with Gasteiger partial charge in [-0.3, -0.25) is 0 Å². The third-order valence-electron chi connectivity index (χ3n) is 2.48. The van der Waals surface area contributed by atoms with Crippen LogP contribution in [0.25, 0.3) is 0 Å². The summed E-state index contributed by atoms with van der Waals surface area (Å²) in [6.07, 6.45) is -1.41. The lowest BCUT2D eigenvalue weighted by Gasteiger charge is -2.03. The molecule has 5 nitrogen and oxygen atoms in total. The molecule has 106 valence electrons. The Morgan fingerprint density at radius 3 is 1.95 bits per heavy atom. The van der Waals surface area contributed by atoms with E-state index in [0.29, 0.717) is 12.1 Å². The second-order valence-electron chi connectivity index (χ2n) is 3.97. The zero-order valence-corrected chi connectivity index (χ0v) is 10.8. The highest BCUT2D eigenvalue weighted by Crippen LogP contribution is 2.10. The molecular weight excluding hydrogens is 258 g/mol. The van der Waals surface area contributed by atoms with Gasteiger partial charge in [0, 0.05) is 6.54 Å². The van der Waals surface area contributed by atoms with Crippen molar-refractivity contribution < 1.29 is 20.2 Å². The summed E-state index contributed by atoms with van der Waals surface area (Å²) in [5, 5.41) is 25.7. The fraction of sp³-hybridized carbons (Fsp3) is 0.133. The number of hydrogen-bond donors (Lipinski definition) is 4. The predicted molar refractivity (Wildman–Crippen MR) is 74.1 cm³/mol. The molecule has 0 bridgehead atoms. The number of nitrogens with one attached hydrogen (secondary N) is 1. The highest BCUT2D eigenvalue weighted by Gasteiger charge is 2.14. The number of hydroxylamine groups is 1. The zero-order valence-electron chi connectivity index (χ0n) is 10.8. The van der Waals surface area contributed by atoms with Gasteiger partial charge in [-0.15, -0.1) is 0 Å². The van der Waals surface area contributed by atoms with Crippen LogP contribution in [0.1, 0.15) is 17.2 Å². The number of hydrogen-bond acceptors (Lipinski definition) is 4. The standard InChI is InChI=1S/C8H8O3.C7H9NO/c9-7(8(10)11)6-4-2-1-3-5-6;9-8-6-7-4-2-1-3-5-7/h1-5,7,9H,(H,10,11);1-5,8-9H,6H2. The summed E-state index contributed by atoms with van der Waals surface area (Å²) >= 11 is 0. The molecule has 0 amide bonds. The molecule has 2 aromatic rings. The first kappa shape index (κ1) is 15.8. The summed E-state index contributed by atoms with van der Waals surface area (Å²) in [6, 6.07) is 18.0. The maximum Gasteiger partial charge on any atom is 0.337 e. The molecule has 20 heavy (non-hydrogen) atoms. The Kier molecular flexibility index (Phi) is 6.99. The van der Waals surface area contributed by atoms with Gasteiger partial charge in [-0.2, -0.15) is 0 Å². The highest BCUT2D eigenvalue weighted by atomic mass is 16.5. The van der Waals surface area contributed by atoms with Crippen molar-refractivity contribution in [2.75, 3.05) is 0 Å². The first-order chi connectivity index (χ1) is 9.65. The molecule has 0 fully saturated rings. The highest BCUT2D eigenvalue weighted by molar-refractivity contribution is 5.73. The molecule has 0 heterocycles. The summed E-state index contributed by atoms with van der Waals surface area (Å²) in [4.78, 5) is 10.2. The van der Waals surface area contributed by atoms with E-state index >= 15 is 0 Å². The number of aliphatic carboxylic acids is 1. The topological polar surface area (TPSA) is 89.8 Å². The van der Waals surface area contributed by atoms with E-state index in [1.165, 1.54) is 0 Å². The van der Waals surface area contributed by atoms with Crippen LogP contribution >= 0.6 is 0 Å². The van der Waals surface area contributed by atoms with Gasteiger partial charge in [-0.1, -0.05) is 60.7 Å². The molecule has 0 saturated carbocycles. The molecule has 4 N–H and O–H groups in total. The zero-order chi connectivity index (χ0) is 14.8. The van der Waals surface area contributed by atoms with E-state index in [1.54, 1.807) is 30.3 Å². The summed E-state index contributed by atoms with van der Waals surface area (Å²) < 4.78 is 0. The Labute approximate surface area is 117 Å². The van der Waals surface area contributed by atoms with Crippen LogP contribution in [-0.4, -0.2) is 21.4 Å². The van der Waals surface area contributed by atoms with Crippen LogP contribution < -0.4 is 5.48 Å². The summed E-state index contributed by atoms with van der Waals surface area (Å²) in [6.45, 7) is 0.515. The molecule has 5 heteroatoms. The molecular formula is C15H17NO4. The van der Waals surface area contributed by atoms with Gasteiger partial charge in [0.25, 0.3) is 0 Å². The average molecular weight is 275 g/mol. The van der Waals surface area contributed by atoms with Crippen LogP contribution in [0.3, 0.4) is 0 Å². The van der Waals surface area contributed by atoms with Crippen molar-refractivity contribution in [3.8, 4) is 0 Å². The number of aliphatic hydroxyl groups excluding tert-OH is 1. The summed E-state index contributed by atoms with van der Waals surface area (Å²) in [5.41, 5.74) is 3.57. The van der Waals surface area contributed by atoms with Gasteiger partial charge >= 0.3 is 5.97 Å². The van der Waals surface area contributed by atoms with E-state index in [-0.39, 0.29) is 0 Å². The van der Waals surface area contributed by atoms with Crippen LogP contribution in [-0.2, 0) is 11.3 Å². The van der Waals surface area contributed by atoms with Crippen molar-refractivity contribution in [3.05, 3.63) is 71.8 Å². The molecule has 0 saturated heterocycles. The van der Waals surface area contributed by atoms with E-state index in [9.17, 15) is 4.79 Å². The first-order valence-electron chi connectivity index (χ1n) is 6.02. The van der Waals surface area contributed by atoms with Crippen LogP contribution in [0.15, 0.2) is 60.7 Å². The monoisotopic (exact) mass is 275 g/mol. The van der Waals surface area contributed by atoms with E-state index in [1.807, 2.05) is 30.3 Å². The van der Waals surface area contributed by atoms with Crippen LogP contribution in [0.5, 0.6) is 0 Å². The second kappa shape index (κ2) is 8.82. The Hall–Kier alpha value is -2.21. The SMILES string of the molecule is O=C(O)C(O)c1ccccc1.ONCc1ccccc1. The van der Waals surface area contributed by atoms with Crippen molar-refractivity contribution in [2.24, 2.45) is 0 Å². The lowest BCUT2D eigenvalue weighted by Crippen LogP contribution is -2.09. The van der Waals surface area contributed by atoms with Crippen LogP contribution in [0.4, 0.5) is 0 Å². The fourth-order valence-corrected chi connectivity index (χ4v) is 1.47. The van der Waals surface area contributed by atoms with E-state index in [4.69, 9.17) is 15.4 Å². The minimum atomic E-state index is -1.41. The van der Waals surface area contributed by atoms with Crippen molar-refractivity contribution in [2.45, 2.75) is 12.6 Å². The molecule has 0 aliphatic rings. The molecule has 2 rings (SSSR count). The molecule has 2 aromatic carbocycles. The van der Waals surface area contributed by atoms with Crippen LogP contribution in [0.2, 0.25) is 0 Å². The van der Waals surface area contributed by atoms with E-state index in [2.05, 4.69) is 5.48 Å². The number of carbonyl (C=O) groups is 1. The van der Waals surface area contributed by atoms with Gasteiger partial charge in [0.15, 0.2) is 6.10 Å². The molecule has 0 radical (unpaired) electrons. The van der Waals surface area contributed by atoms with Gasteiger partial charge in [0.1, 0.15) is 0 Å². The van der Waals surface area contributed by atoms with Gasteiger partial charge < -0.3 is 15.4 Å². The Balaban J connectivity index is 0.000000204. The van der Waals surface area contributed by atoms with Gasteiger partial charge in [-0.25, -0.2) is 10.3 Å². The predicted octanol–water partition coefficient (Wildman–Crippen LogP) is 1.97. The molecule has 1 atom stereocenters. The molecule has 0 aliphatic carbocycles. The number of rotatable bonds is 4. The lowest BCUT2D eigenvalue weighted by molar-refractivity contribution is -0.146. The van der Waals surface area contributed by atoms with E-state index in [0.717, 1.165) is 5.56 Å². The fourth-order valence-electron chi connectivity index (χ4n) is 1.47. The van der Waals surface area contributed by atoms with Crippen molar-refractivity contribution in [1.29, 1.82) is 0 Å². The lowest BCUT2D eigenvalue weighted by atomic mass is 10.1. The molecule has 1 unspecified atom stereocenters. The maximum absolute atomic E-state index is 10.2. The third-order valence-corrected chi connectivity index (χ3v) is 2.48. The number of carboxylic acids is 1. The van der Waals surface area contributed by atoms with Crippen LogP contribution in [0, 0.1) is 0 Å². The molecule has 0 aromatic heterocycles. The largest absolute Gasteiger partial charge is 0.479 e. The molecule has 0 spiro atoms. The normalized spacial score (nSPS) is 11.1. The smallest absolute Gasteiger partial charge is 0.337 e. The minimum Gasteiger partial charge on any atom is -0.479 e. The molecule has 0 aliphatic heterocycles. The Morgan fingerprint density at radius 2 is 1.50 bits per heavy atom. The second-order valence-corrected chi connectivity index (χ2v) is 3.97. The number of benzene rings is 2. The Morgan fingerprint density at radius 1 is 1.00 bits per heavy atom. The Bertz CT molecular complexity index is 502.